The maximum Gasteiger partial charge on any atom is 0.137 e. The van der Waals surface area contributed by atoms with Gasteiger partial charge in [-0.15, -0.1) is 11.3 Å². The van der Waals surface area contributed by atoms with Crippen molar-refractivity contribution in [2.24, 2.45) is 0 Å². The van der Waals surface area contributed by atoms with Crippen LogP contribution in [0.1, 0.15) is 11.3 Å². The fraction of sp³-hybridized carbons (Fsp3) is 0.111. The first kappa shape index (κ1) is 15.1. The highest BCUT2D eigenvalue weighted by atomic mass is 32.1. The summed E-state index contributed by atoms with van der Waals surface area (Å²) in [5.74, 6) is 1.38. The Morgan fingerprint density at radius 1 is 1.17 bits per heavy atom. The summed E-state index contributed by atoms with van der Waals surface area (Å²) in [5, 5.41) is 11.9. The van der Waals surface area contributed by atoms with Crippen LogP contribution in [0.15, 0.2) is 53.9 Å². The molecule has 114 valence electrons. The summed E-state index contributed by atoms with van der Waals surface area (Å²) < 4.78 is 10.9. The molecule has 0 radical (unpaired) electrons. The number of para-hydroxylation sites is 1. The van der Waals surface area contributed by atoms with Crippen LogP contribution >= 0.6 is 11.3 Å². The van der Waals surface area contributed by atoms with Crippen molar-refractivity contribution in [3.63, 3.8) is 0 Å². The van der Waals surface area contributed by atoms with E-state index in [0.29, 0.717) is 17.9 Å². The molecule has 5 heteroatoms. The zero-order valence-electron chi connectivity index (χ0n) is 12.5. The van der Waals surface area contributed by atoms with Gasteiger partial charge in [-0.2, -0.15) is 5.26 Å². The van der Waals surface area contributed by atoms with Crippen molar-refractivity contribution in [2.45, 2.75) is 6.61 Å². The fourth-order valence-corrected chi connectivity index (χ4v) is 2.90. The predicted molar refractivity (Wildman–Crippen MR) is 89.6 cm³/mol. The maximum absolute atomic E-state index is 9.06. The molecule has 4 nitrogen and oxygen atoms in total. The standard InChI is InChI=1S/C18H14N2O2S/c1-21-16-7-4-6-13(9-16)18-20-15(12-23-18)11-22-17-8-3-2-5-14(17)10-19/h2-9,12H,11H2,1H3. The number of benzene rings is 2. The molecule has 1 aromatic heterocycles. The van der Waals surface area contributed by atoms with Gasteiger partial charge < -0.3 is 9.47 Å². The average molecular weight is 322 g/mol. The van der Waals surface area contributed by atoms with Gasteiger partial charge in [0.2, 0.25) is 0 Å². The summed E-state index contributed by atoms with van der Waals surface area (Å²) in [5.41, 5.74) is 2.37. The summed E-state index contributed by atoms with van der Waals surface area (Å²) in [4.78, 5) is 4.58. The lowest BCUT2D eigenvalue weighted by molar-refractivity contribution is 0.301. The molecule has 2 aromatic carbocycles. The summed E-state index contributed by atoms with van der Waals surface area (Å²) in [7, 11) is 1.65. The Labute approximate surface area is 138 Å². The quantitative estimate of drug-likeness (QED) is 0.704. The van der Waals surface area contributed by atoms with Crippen LogP contribution in [0.5, 0.6) is 11.5 Å². The number of aromatic nitrogens is 1. The van der Waals surface area contributed by atoms with E-state index in [1.165, 1.54) is 0 Å². The molecule has 0 aliphatic rings. The molecule has 0 saturated heterocycles. The Morgan fingerprint density at radius 2 is 2.04 bits per heavy atom. The molecule has 0 aliphatic carbocycles. The zero-order chi connectivity index (χ0) is 16.1. The normalized spacial score (nSPS) is 10.1. The molecule has 3 rings (SSSR count). The van der Waals surface area contributed by atoms with Gasteiger partial charge >= 0.3 is 0 Å². The number of nitrogens with zero attached hydrogens (tertiary/aromatic N) is 2. The fourth-order valence-electron chi connectivity index (χ4n) is 2.10. The highest BCUT2D eigenvalue weighted by molar-refractivity contribution is 7.13. The summed E-state index contributed by atoms with van der Waals surface area (Å²) in [6.07, 6.45) is 0. The predicted octanol–water partition coefficient (Wildman–Crippen LogP) is 4.27. The molecular weight excluding hydrogens is 308 g/mol. The molecule has 0 saturated carbocycles. The van der Waals surface area contributed by atoms with Gasteiger partial charge in [0.1, 0.15) is 29.2 Å². The van der Waals surface area contributed by atoms with E-state index in [1.807, 2.05) is 41.8 Å². The van der Waals surface area contributed by atoms with E-state index in [-0.39, 0.29) is 0 Å². The van der Waals surface area contributed by atoms with E-state index >= 15 is 0 Å². The SMILES string of the molecule is COc1cccc(-c2nc(COc3ccccc3C#N)cs2)c1. The summed E-state index contributed by atoms with van der Waals surface area (Å²) in [6, 6.07) is 17.1. The Morgan fingerprint density at radius 3 is 2.87 bits per heavy atom. The molecule has 0 fully saturated rings. The molecule has 0 spiro atoms. The first-order valence-corrected chi connectivity index (χ1v) is 7.89. The number of nitriles is 1. The average Bonchev–Trinajstić information content (AvgIpc) is 3.09. The Balaban J connectivity index is 1.73. The number of thiazole rings is 1. The highest BCUT2D eigenvalue weighted by Gasteiger charge is 2.08. The van der Waals surface area contributed by atoms with E-state index in [2.05, 4.69) is 11.1 Å². The van der Waals surface area contributed by atoms with Crippen LogP contribution in [0, 0.1) is 11.3 Å². The van der Waals surface area contributed by atoms with Gasteiger partial charge in [-0.1, -0.05) is 24.3 Å². The Kier molecular flexibility index (Phi) is 4.55. The molecule has 0 aliphatic heterocycles. The first-order chi connectivity index (χ1) is 11.3. The van der Waals surface area contributed by atoms with Gasteiger partial charge in [0.25, 0.3) is 0 Å². The van der Waals surface area contributed by atoms with Crippen LogP contribution in [-0.2, 0) is 6.61 Å². The summed E-state index contributed by atoms with van der Waals surface area (Å²) >= 11 is 1.56. The second kappa shape index (κ2) is 6.95. The van der Waals surface area contributed by atoms with Crippen molar-refractivity contribution in [1.82, 2.24) is 4.98 Å². The summed E-state index contributed by atoms with van der Waals surface area (Å²) in [6.45, 7) is 0.333. The van der Waals surface area contributed by atoms with E-state index in [9.17, 15) is 0 Å². The minimum absolute atomic E-state index is 0.333. The lowest BCUT2D eigenvalue weighted by Crippen LogP contribution is -1.97. The van der Waals surface area contributed by atoms with Crippen LogP contribution in [-0.4, -0.2) is 12.1 Å². The lowest BCUT2D eigenvalue weighted by Gasteiger charge is -2.05. The van der Waals surface area contributed by atoms with E-state index in [4.69, 9.17) is 14.7 Å². The van der Waals surface area contributed by atoms with Gasteiger partial charge in [-0.05, 0) is 24.3 Å². The van der Waals surface area contributed by atoms with Gasteiger partial charge in [-0.3, -0.25) is 0 Å². The smallest absolute Gasteiger partial charge is 0.137 e. The van der Waals surface area contributed by atoms with Gasteiger partial charge in [0, 0.05) is 10.9 Å². The zero-order valence-corrected chi connectivity index (χ0v) is 13.3. The third kappa shape index (κ3) is 3.50. The second-order valence-corrected chi connectivity index (χ2v) is 5.63. The Hall–Kier alpha value is -2.84. The van der Waals surface area contributed by atoms with Gasteiger partial charge in [-0.25, -0.2) is 4.98 Å². The molecule has 1 heterocycles. The molecular formula is C18H14N2O2S. The maximum atomic E-state index is 9.06. The number of hydrogen-bond acceptors (Lipinski definition) is 5. The molecule has 0 amide bonds. The van der Waals surface area contributed by atoms with Crippen molar-refractivity contribution < 1.29 is 9.47 Å². The topological polar surface area (TPSA) is 55.1 Å². The van der Waals surface area contributed by atoms with Crippen molar-refractivity contribution in [3.8, 4) is 28.1 Å². The van der Waals surface area contributed by atoms with Crippen LogP contribution in [0.2, 0.25) is 0 Å². The van der Waals surface area contributed by atoms with Crippen molar-refractivity contribution in [2.75, 3.05) is 7.11 Å². The number of ether oxygens (including phenoxy) is 2. The minimum Gasteiger partial charge on any atom is -0.497 e. The van der Waals surface area contributed by atoms with Gasteiger partial charge in [0.15, 0.2) is 0 Å². The number of rotatable bonds is 5. The third-order valence-corrected chi connectivity index (χ3v) is 4.19. The minimum atomic E-state index is 0.333. The van der Waals surface area contributed by atoms with E-state index < -0.39 is 0 Å². The molecule has 0 unspecified atom stereocenters. The monoisotopic (exact) mass is 322 g/mol. The molecule has 3 aromatic rings. The van der Waals surface area contributed by atoms with Crippen molar-refractivity contribution >= 4 is 11.3 Å². The second-order valence-electron chi connectivity index (χ2n) is 4.77. The van der Waals surface area contributed by atoms with Crippen LogP contribution in [0.25, 0.3) is 10.6 Å². The Bertz CT molecular complexity index is 852. The molecule has 23 heavy (non-hydrogen) atoms. The lowest BCUT2D eigenvalue weighted by atomic mass is 10.2. The first-order valence-electron chi connectivity index (χ1n) is 7.01. The van der Waals surface area contributed by atoms with E-state index in [1.54, 1.807) is 30.6 Å². The van der Waals surface area contributed by atoms with Gasteiger partial charge in [0.05, 0.1) is 18.4 Å². The van der Waals surface area contributed by atoms with Crippen LogP contribution in [0.4, 0.5) is 0 Å². The van der Waals surface area contributed by atoms with Crippen molar-refractivity contribution in [1.29, 1.82) is 5.26 Å². The molecule has 0 bridgehead atoms. The van der Waals surface area contributed by atoms with Crippen molar-refractivity contribution in [3.05, 3.63) is 65.2 Å². The number of hydrogen-bond donors (Lipinski definition) is 0. The molecule has 0 atom stereocenters. The number of methoxy groups -OCH3 is 1. The highest BCUT2D eigenvalue weighted by Crippen LogP contribution is 2.27. The largest absolute Gasteiger partial charge is 0.497 e. The third-order valence-electron chi connectivity index (χ3n) is 3.25. The van der Waals surface area contributed by atoms with Crippen LogP contribution < -0.4 is 9.47 Å². The van der Waals surface area contributed by atoms with Crippen LogP contribution in [0.3, 0.4) is 0 Å². The van der Waals surface area contributed by atoms with E-state index in [0.717, 1.165) is 22.0 Å². The molecule has 0 N–H and O–H groups in total.